The van der Waals surface area contributed by atoms with Crippen LogP contribution in [0.2, 0.25) is 0 Å². The maximum atomic E-state index is 5.94. The quantitative estimate of drug-likeness (QED) is 0.591. The van der Waals surface area contributed by atoms with Crippen LogP contribution >= 0.6 is 23.6 Å². The zero-order valence-electron chi connectivity index (χ0n) is 15.8. The first kappa shape index (κ1) is 18.3. The van der Waals surface area contributed by atoms with Crippen LogP contribution < -0.4 is 5.32 Å². The average Bonchev–Trinajstić information content (AvgIpc) is 3.38. The zero-order valence-corrected chi connectivity index (χ0v) is 17.4. The molecule has 0 saturated carbocycles. The number of nitrogens with one attached hydrogen (secondary N) is 1. The Balaban J connectivity index is 1.68. The van der Waals surface area contributed by atoms with Crippen molar-refractivity contribution in [3.05, 3.63) is 75.7 Å². The van der Waals surface area contributed by atoms with Crippen molar-refractivity contribution < 1.29 is 0 Å². The van der Waals surface area contributed by atoms with E-state index in [-0.39, 0.29) is 6.04 Å². The van der Waals surface area contributed by atoms with E-state index < -0.39 is 0 Å². The summed E-state index contributed by atoms with van der Waals surface area (Å²) in [4.78, 5) is 3.68. The van der Waals surface area contributed by atoms with Crippen LogP contribution in [0.25, 0.3) is 0 Å². The molecular formula is C22H25N3S2. The van der Waals surface area contributed by atoms with Crippen molar-refractivity contribution in [2.75, 3.05) is 11.9 Å². The van der Waals surface area contributed by atoms with Gasteiger partial charge in [0.05, 0.1) is 0 Å². The summed E-state index contributed by atoms with van der Waals surface area (Å²) in [6, 6.07) is 15.4. The van der Waals surface area contributed by atoms with Crippen molar-refractivity contribution in [3.8, 4) is 0 Å². The van der Waals surface area contributed by atoms with Gasteiger partial charge in [0.25, 0.3) is 0 Å². The first-order chi connectivity index (χ1) is 13.2. The standard InChI is InChI=1S/C22H25N3S2/c1-3-16-8-5-9-17(4-2)20(16)23-22(26)25-14-13-24-12-6-10-18(24)21(25)19-11-7-15-27-19/h5-12,15,21H,3-4,13-14H2,1-2H3,(H,23,26)/t21-/m0/s1. The molecule has 5 heteroatoms. The van der Waals surface area contributed by atoms with Gasteiger partial charge in [-0.05, 0) is 59.8 Å². The number of aryl methyl sites for hydroxylation is 2. The Morgan fingerprint density at radius 1 is 1.07 bits per heavy atom. The molecule has 0 amide bonds. The second-order valence-electron chi connectivity index (χ2n) is 6.83. The largest absolute Gasteiger partial charge is 0.347 e. The van der Waals surface area contributed by atoms with Gasteiger partial charge in [-0.15, -0.1) is 11.3 Å². The van der Waals surface area contributed by atoms with E-state index in [1.54, 1.807) is 11.3 Å². The van der Waals surface area contributed by atoms with Crippen LogP contribution in [0.1, 0.15) is 41.6 Å². The lowest BCUT2D eigenvalue weighted by Gasteiger charge is -2.38. The predicted molar refractivity (Wildman–Crippen MR) is 119 cm³/mol. The minimum Gasteiger partial charge on any atom is -0.347 e. The molecule has 1 aromatic carbocycles. The fourth-order valence-electron chi connectivity index (χ4n) is 3.93. The molecule has 0 radical (unpaired) electrons. The molecule has 0 spiro atoms. The Kier molecular flexibility index (Phi) is 5.32. The van der Waals surface area contributed by atoms with Gasteiger partial charge in [-0.2, -0.15) is 0 Å². The highest BCUT2D eigenvalue weighted by Crippen LogP contribution is 2.35. The van der Waals surface area contributed by atoms with Crippen molar-refractivity contribution in [2.45, 2.75) is 39.3 Å². The Labute approximate surface area is 170 Å². The first-order valence-corrected chi connectivity index (χ1v) is 10.9. The molecule has 0 aliphatic carbocycles. The summed E-state index contributed by atoms with van der Waals surface area (Å²) in [6.45, 7) is 6.27. The Morgan fingerprint density at radius 3 is 2.52 bits per heavy atom. The molecule has 0 fully saturated rings. The van der Waals surface area contributed by atoms with Crippen LogP contribution in [0.4, 0.5) is 5.69 Å². The minimum atomic E-state index is 0.174. The molecule has 1 aliphatic heterocycles. The average molecular weight is 396 g/mol. The second-order valence-corrected chi connectivity index (χ2v) is 8.19. The lowest BCUT2D eigenvalue weighted by molar-refractivity contribution is 0.297. The molecule has 140 valence electrons. The third-order valence-corrected chi connectivity index (χ3v) is 6.60. The highest BCUT2D eigenvalue weighted by atomic mass is 32.1. The normalized spacial score (nSPS) is 16.2. The number of benzene rings is 1. The van der Waals surface area contributed by atoms with Crippen molar-refractivity contribution in [1.82, 2.24) is 9.47 Å². The van der Waals surface area contributed by atoms with Gasteiger partial charge in [-0.1, -0.05) is 38.1 Å². The number of thiophene rings is 1. The second kappa shape index (κ2) is 7.87. The molecule has 3 aromatic rings. The molecule has 3 nitrogen and oxygen atoms in total. The van der Waals surface area contributed by atoms with Crippen LogP contribution in [0.3, 0.4) is 0 Å². The highest BCUT2D eigenvalue weighted by Gasteiger charge is 2.31. The summed E-state index contributed by atoms with van der Waals surface area (Å²) >= 11 is 7.73. The van der Waals surface area contributed by atoms with E-state index in [0.29, 0.717) is 0 Å². The summed E-state index contributed by atoms with van der Waals surface area (Å²) in [5.74, 6) is 0. The van der Waals surface area contributed by atoms with Crippen LogP contribution in [0.15, 0.2) is 54.0 Å². The van der Waals surface area contributed by atoms with Gasteiger partial charge in [0.2, 0.25) is 0 Å². The maximum Gasteiger partial charge on any atom is 0.174 e. The minimum absolute atomic E-state index is 0.174. The van der Waals surface area contributed by atoms with E-state index in [1.165, 1.54) is 27.4 Å². The number of aromatic nitrogens is 1. The van der Waals surface area contributed by atoms with Crippen molar-refractivity contribution in [2.24, 2.45) is 0 Å². The van der Waals surface area contributed by atoms with E-state index in [1.807, 2.05) is 0 Å². The lowest BCUT2D eigenvalue weighted by Crippen LogP contribution is -2.44. The molecule has 0 unspecified atom stereocenters. The summed E-state index contributed by atoms with van der Waals surface area (Å²) in [5.41, 5.74) is 5.15. The molecule has 4 rings (SSSR count). The fourth-order valence-corrected chi connectivity index (χ4v) is 5.08. The van der Waals surface area contributed by atoms with Crippen LogP contribution in [-0.2, 0) is 19.4 Å². The summed E-state index contributed by atoms with van der Waals surface area (Å²) < 4.78 is 2.35. The van der Waals surface area contributed by atoms with Gasteiger partial charge in [0.15, 0.2) is 5.11 Å². The van der Waals surface area contributed by atoms with Crippen molar-refractivity contribution in [1.29, 1.82) is 0 Å². The van der Waals surface area contributed by atoms with Crippen LogP contribution in [0.5, 0.6) is 0 Å². The van der Waals surface area contributed by atoms with Gasteiger partial charge in [0.1, 0.15) is 6.04 Å². The monoisotopic (exact) mass is 395 g/mol. The maximum absolute atomic E-state index is 5.94. The molecule has 1 atom stereocenters. The number of thiocarbonyl (C=S) groups is 1. The molecule has 0 saturated heterocycles. The van der Waals surface area contributed by atoms with E-state index in [0.717, 1.165) is 31.0 Å². The Bertz CT molecular complexity index is 905. The molecule has 3 heterocycles. The number of hydrogen-bond acceptors (Lipinski definition) is 2. The summed E-state index contributed by atoms with van der Waals surface area (Å²) in [7, 11) is 0. The van der Waals surface area contributed by atoms with Crippen LogP contribution in [-0.4, -0.2) is 21.1 Å². The van der Waals surface area contributed by atoms with E-state index in [2.05, 4.69) is 82.7 Å². The highest BCUT2D eigenvalue weighted by molar-refractivity contribution is 7.80. The van der Waals surface area contributed by atoms with Crippen molar-refractivity contribution in [3.63, 3.8) is 0 Å². The van der Waals surface area contributed by atoms with E-state index in [9.17, 15) is 0 Å². The number of para-hydroxylation sites is 1. The van der Waals surface area contributed by atoms with Gasteiger partial charge in [-0.3, -0.25) is 0 Å². The summed E-state index contributed by atoms with van der Waals surface area (Å²) in [5, 5.41) is 6.58. The third kappa shape index (κ3) is 3.42. The SMILES string of the molecule is CCc1cccc(CC)c1NC(=S)N1CCn2cccc2[C@H]1c1cccs1. The molecule has 2 aromatic heterocycles. The van der Waals surface area contributed by atoms with Gasteiger partial charge in [0, 0.05) is 35.5 Å². The molecule has 0 bridgehead atoms. The topological polar surface area (TPSA) is 20.2 Å². The number of anilines is 1. The van der Waals surface area contributed by atoms with Gasteiger partial charge < -0.3 is 14.8 Å². The van der Waals surface area contributed by atoms with E-state index in [4.69, 9.17) is 12.2 Å². The Hall–Kier alpha value is -2.11. The Morgan fingerprint density at radius 2 is 1.85 bits per heavy atom. The first-order valence-electron chi connectivity index (χ1n) is 9.59. The van der Waals surface area contributed by atoms with Crippen molar-refractivity contribution >= 4 is 34.4 Å². The predicted octanol–water partition coefficient (Wildman–Crippen LogP) is 5.48. The van der Waals surface area contributed by atoms with Crippen LogP contribution in [0, 0.1) is 0 Å². The number of rotatable bonds is 4. The number of nitrogens with zero attached hydrogens (tertiary/aromatic N) is 2. The molecular weight excluding hydrogens is 370 g/mol. The summed E-state index contributed by atoms with van der Waals surface area (Å²) in [6.07, 6.45) is 4.16. The van der Waals surface area contributed by atoms with Gasteiger partial charge in [-0.25, -0.2) is 0 Å². The zero-order chi connectivity index (χ0) is 18.8. The fraction of sp³-hybridized carbons (Fsp3) is 0.318. The van der Waals surface area contributed by atoms with E-state index >= 15 is 0 Å². The van der Waals surface area contributed by atoms with Gasteiger partial charge >= 0.3 is 0 Å². The lowest BCUT2D eigenvalue weighted by atomic mass is 10.0. The molecule has 1 N–H and O–H groups in total. The smallest absolute Gasteiger partial charge is 0.174 e. The molecule has 1 aliphatic rings. The molecule has 27 heavy (non-hydrogen) atoms. The third-order valence-electron chi connectivity index (χ3n) is 5.34. The number of fused-ring (bicyclic) bond motifs is 1. The number of hydrogen-bond donors (Lipinski definition) is 1.